The molecule has 0 saturated heterocycles. The second-order valence-electron chi connectivity index (χ2n) is 5.96. The molecule has 0 aliphatic carbocycles. The van der Waals surface area contributed by atoms with E-state index in [-0.39, 0.29) is 12.1 Å². The van der Waals surface area contributed by atoms with Crippen LogP contribution in [0.25, 0.3) is 0 Å². The van der Waals surface area contributed by atoms with Gasteiger partial charge in [0.25, 0.3) is 0 Å². The number of alkyl halides is 3. The van der Waals surface area contributed by atoms with E-state index < -0.39 is 11.7 Å². The van der Waals surface area contributed by atoms with Crippen LogP contribution in [0, 0.1) is 12.8 Å². The number of rotatable bonds is 7. The third-order valence-electron chi connectivity index (χ3n) is 3.62. The molecule has 0 saturated carbocycles. The minimum atomic E-state index is -4.32. The molecule has 0 amide bonds. The van der Waals surface area contributed by atoms with Gasteiger partial charge in [-0.05, 0) is 60.9 Å². The van der Waals surface area contributed by atoms with Gasteiger partial charge in [0.2, 0.25) is 0 Å². The van der Waals surface area contributed by atoms with E-state index in [4.69, 9.17) is 19.1 Å². The van der Waals surface area contributed by atoms with Crippen LogP contribution in [0.5, 0.6) is 11.5 Å². The smallest absolute Gasteiger partial charge is 0.416 e. The summed E-state index contributed by atoms with van der Waals surface area (Å²) in [5.74, 6) is 2.43. The molecule has 28 heavy (non-hydrogen) atoms. The second kappa shape index (κ2) is 11.4. The van der Waals surface area contributed by atoms with Crippen LogP contribution in [0.2, 0.25) is 0 Å². The van der Waals surface area contributed by atoms with Crippen LogP contribution >= 0.6 is 11.8 Å². The molecule has 0 N–H and O–H groups in total. The summed E-state index contributed by atoms with van der Waals surface area (Å²) in [6.45, 7) is 4.50. The Morgan fingerprint density at radius 2 is 1.71 bits per heavy atom. The van der Waals surface area contributed by atoms with Gasteiger partial charge < -0.3 is 9.47 Å². The SMILES string of the molecule is COc1ccc(SCC(C)COc2ccc(C(F)(F)F)cc2)cc1C.O=C=O. The van der Waals surface area contributed by atoms with Gasteiger partial charge in [0, 0.05) is 10.6 Å². The lowest BCUT2D eigenvalue weighted by Crippen LogP contribution is -2.11. The Bertz CT molecular complexity index is 770. The summed E-state index contributed by atoms with van der Waals surface area (Å²) in [7, 11) is 1.65. The number of methoxy groups -OCH3 is 1. The van der Waals surface area contributed by atoms with Crippen LogP contribution in [-0.4, -0.2) is 25.6 Å². The molecule has 152 valence electrons. The lowest BCUT2D eigenvalue weighted by atomic mass is 10.2. The largest absolute Gasteiger partial charge is 0.496 e. The monoisotopic (exact) mass is 414 g/mol. The van der Waals surface area contributed by atoms with Crippen molar-refractivity contribution in [2.75, 3.05) is 19.5 Å². The van der Waals surface area contributed by atoms with Gasteiger partial charge >= 0.3 is 12.3 Å². The van der Waals surface area contributed by atoms with Crippen molar-refractivity contribution in [2.45, 2.75) is 24.9 Å². The third kappa shape index (κ3) is 8.06. The summed E-state index contributed by atoms with van der Waals surface area (Å²) in [5, 5.41) is 0. The van der Waals surface area contributed by atoms with Crippen molar-refractivity contribution in [3.05, 3.63) is 53.6 Å². The minimum Gasteiger partial charge on any atom is -0.496 e. The molecule has 0 radical (unpaired) electrons. The van der Waals surface area contributed by atoms with Gasteiger partial charge in [-0.1, -0.05) is 6.92 Å². The van der Waals surface area contributed by atoms with Gasteiger partial charge in [-0.25, -0.2) is 0 Å². The fourth-order valence-electron chi connectivity index (χ4n) is 2.21. The van der Waals surface area contributed by atoms with E-state index in [9.17, 15) is 13.2 Å². The zero-order valence-electron chi connectivity index (χ0n) is 15.7. The highest BCUT2D eigenvalue weighted by Crippen LogP contribution is 2.30. The molecule has 0 fully saturated rings. The van der Waals surface area contributed by atoms with E-state index in [0.29, 0.717) is 12.4 Å². The lowest BCUT2D eigenvalue weighted by Gasteiger charge is -2.14. The average molecular weight is 414 g/mol. The number of thioether (sulfide) groups is 1. The predicted octanol–water partition coefficient (Wildman–Crippen LogP) is 5.25. The average Bonchev–Trinajstić information content (AvgIpc) is 2.65. The van der Waals surface area contributed by atoms with Crippen molar-refractivity contribution in [3.63, 3.8) is 0 Å². The van der Waals surface area contributed by atoms with Gasteiger partial charge in [0.05, 0.1) is 19.3 Å². The van der Waals surface area contributed by atoms with Crippen molar-refractivity contribution in [1.82, 2.24) is 0 Å². The Morgan fingerprint density at radius 3 is 2.21 bits per heavy atom. The van der Waals surface area contributed by atoms with E-state index >= 15 is 0 Å². The van der Waals surface area contributed by atoms with Crippen LogP contribution in [0.4, 0.5) is 13.2 Å². The Hall–Kier alpha value is -2.44. The number of aryl methyl sites for hydroxylation is 1. The summed E-state index contributed by atoms with van der Waals surface area (Å²) < 4.78 is 48.4. The minimum absolute atomic E-state index is 0.250. The molecule has 2 aromatic carbocycles. The molecule has 0 aromatic heterocycles. The zero-order valence-corrected chi connectivity index (χ0v) is 16.5. The van der Waals surface area contributed by atoms with Gasteiger partial charge in [-0.15, -0.1) is 11.8 Å². The van der Waals surface area contributed by atoms with Crippen LogP contribution in [0.3, 0.4) is 0 Å². The molecule has 1 atom stereocenters. The maximum absolute atomic E-state index is 12.5. The molecule has 2 rings (SSSR count). The number of carbonyl (C=O) groups excluding carboxylic acids is 2. The number of hydrogen-bond acceptors (Lipinski definition) is 5. The molecule has 0 aliphatic rings. The summed E-state index contributed by atoms with van der Waals surface area (Å²) in [5.41, 5.74) is 0.416. The first-order valence-electron chi connectivity index (χ1n) is 8.28. The van der Waals surface area contributed by atoms with Crippen molar-refractivity contribution in [1.29, 1.82) is 0 Å². The van der Waals surface area contributed by atoms with Crippen molar-refractivity contribution in [3.8, 4) is 11.5 Å². The number of halogens is 3. The number of benzene rings is 2. The Morgan fingerprint density at radius 1 is 1.11 bits per heavy atom. The molecular weight excluding hydrogens is 393 g/mol. The number of hydrogen-bond donors (Lipinski definition) is 0. The Kier molecular flexibility index (Phi) is 9.62. The second-order valence-corrected chi connectivity index (χ2v) is 7.06. The molecule has 0 bridgehead atoms. The Labute approximate surface area is 166 Å². The van der Waals surface area contributed by atoms with E-state index in [2.05, 4.69) is 6.07 Å². The maximum atomic E-state index is 12.5. The fourth-order valence-corrected chi connectivity index (χ4v) is 3.20. The van der Waals surface area contributed by atoms with Crippen LogP contribution in [0.1, 0.15) is 18.1 Å². The third-order valence-corrected chi connectivity index (χ3v) is 4.94. The molecule has 4 nitrogen and oxygen atoms in total. The van der Waals surface area contributed by atoms with Gasteiger partial charge in [-0.2, -0.15) is 22.8 Å². The van der Waals surface area contributed by atoms with Gasteiger partial charge in [-0.3, -0.25) is 0 Å². The topological polar surface area (TPSA) is 52.6 Å². The first kappa shape index (κ1) is 23.6. The lowest BCUT2D eigenvalue weighted by molar-refractivity contribution is -0.191. The van der Waals surface area contributed by atoms with Crippen molar-refractivity contribution in [2.24, 2.45) is 5.92 Å². The van der Waals surface area contributed by atoms with Crippen LogP contribution in [0.15, 0.2) is 47.4 Å². The van der Waals surface area contributed by atoms with E-state index in [0.717, 1.165) is 34.1 Å². The number of ether oxygens (including phenoxy) is 2. The van der Waals surface area contributed by atoms with Crippen LogP contribution < -0.4 is 9.47 Å². The first-order chi connectivity index (χ1) is 13.2. The molecule has 2 aromatic rings. The molecule has 8 heteroatoms. The zero-order chi connectivity index (χ0) is 21.2. The summed E-state index contributed by atoms with van der Waals surface area (Å²) in [6.07, 6.45) is -4.07. The van der Waals surface area contributed by atoms with E-state index in [1.807, 2.05) is 26.0 Å². The summed E-state index contributed by atoms with van der Waals surface area (Å²) >= 11 is 1.72. The highest BCUT2D eigenvalue weighted by molar-refractivity contribution is 7.99. The molecule has 0 spiro atoms. The fraction of sp³-hybridized carbons (Fsp3) is 0.350. The maximum Gasteiger partial charge on any atom is 0.416 e. The molecule has 0 heterocycles. The standard InChI is InChI=1S/C19H21F3O2S.CO2/c1-13(12-25-17-8-9-18(23-3)14(2)10-17)11-24-16-6-4-15(5-7-16)19(20,21)22;2-1-3/h4-10,13H,11-12H2,1-3H3;. The molecule has 1 unspecified atom stereocenters. The molecular formula is C20H21F3O4S. The normalized spacial score (nSPS) is 11.6. The highest BCUT2D eigenvalue weighted by atomic mass is 32.2. The first-order valence-corrected chi connectivity index (χ1v) is 9.26. The van der Waals surface area contributed by atoms with Gasteiger partial charge in [0.15, 0.2) is 0 Å². The van der Waals surface area contributed by atoms with E-state index in [1.54, 1.807) is 18.9 Å². The highest BCUT2D eigenvalue weighted by Gasteiger charge is 2.30. The summed E-state index contributed by atoms with van der Waals surface area (Å²) in [4.78, 5) is 17.4. The predicted molar refractivity (Wildman–Crippen MR) is 99.6 cm³/mol. The van der Waals surface area contributed by atoms with E-state index in [1.165, 1.54) is 12.1 Å². The van der Waals surface area contributed by atoms with Crippen molar-refractivity contribution < 1.29 is 32.2 Å². The van der Waals surface area contributed by atoms with Gasteiger partial charge in [0.1, 0.15) is 11.5 Å². The molecule has 0 aliphatic heterocycles. The van der Waals surface area contributed by atoms with Crippen molar-refractivity contribution >= 4 is 17.9 Å². The Balaban J connectivity index is 0.00000122. The quantitative estimate of drug-likeness (QED) is 0.580. The van der Waals surface area contributed by atoms with Crippen LogP contribution in [-0.2, 0) is 15.8 Å². The summed E-state index contributed by atoms with van der Waals surface area (Å²) in [6, 6.07) is 10.8.